The van der Waals surface area contributed by atoms with E-state index in [0.717, 1.165) is 22.3 Å². The summed E-state index contributed by atoms with van der Waals surface area (Å²) in [5, 5.41) is 9.19. The molecule has 0 unspecified atom stereocenters. The topological polar surface area (TPSA) is 81.4 Å². The first-order valence-electron chi connectivity index (χ1n) is 10.2. The van der Waals surface area contributed by atoms with Crippen LogP contribution in [0.1, 0.15) is 28.6 Å². The molecule has 2 aromatic carbocycles. The molecule has 1 N–H and O–H groups in total. The van der Waals surface area contributed by atoms with Crippen molar-refractivity contribution in [3.8, 4) is 22.4 Å². The average molecular weight is 447 g/mol. The van der Waals surface area contributed by atoms with Gasteiger partial charge in [0, 0.05) is 22.6 Å². The number of hydrogen-bond acceptors (Lipinski definition) is 6. The molecule has 6 nitrogen and oxygen atoms in total. The Hall–Kier alpha value is -3.71. The van der Waals surface area contributed by atoms with Gasteiger partial charge in [-0.1, -0.05) is 65.3 Å². The fraction of sp³-hybridized carbons (Fsp3) is 0.160. The van der Waals surface area contributed by atoms with E-state index >= 15 is 0 Å². The van der Waals surface area contributed by atoms with Gasteiger partial charge >= 0.3 is 5.97 Å². The van der Waals surface area contributed by atoms with Crippen LogP contribution in [0.5, 0.6) is 0 Å². The number of anilines is 1. The Morgan fingerprint density at radius 1 is 1.06 bits per heavy atom. The summed E-state index contributed by atoms with van der Waals surface area (Å²) in [5.41, 5.74) is 4.67. The van der Waals surface area contributed by atoms with Crippen LogP contribution in [0.2, 0.25) is 0 Å². The highest BCUT2D eigenvalue weighted by molar-refractivity contribution is 7.15. The highest BCUT2D eigenvalue weighted by atomic mass is 32.1. The van der Waals surface area contributed by atoms with Crippen molar-refractivity contribution in [2.75, 3.05) is 11.9 Å². The number of amides is 1. The first-order chi connectivity index (χ1) is 15.5. The molecule has 2 heterocycles. The van der Waals surface area contributed by atoms with E-state index in [9.17, 15) is 9.59 Å². The van der Waals surface area contributed by atoms with Gasteiger partial charge in [-0.25, -0.2) is 4.79 Å². The van der Waals surface area contributed by atoms with Crippen LogP contribution in [0.15, 0.2) is 70.6 Å². The van der Waals surface area contributed by atoms with Crippen molar-refractivity contribution in [3.05, 3.63) is 82.9 Å². The molecule has 162 valence electrons. The van der Waals surface area contributed by atoms with Crippen LogP contribution in [-0.2, 0) is 16.0 Å². The number of benzene rings is 2. The van der Waals surface area contributed by atoms with Gasteiger partial charge in [0.1, 0.15) is 22.0 Å². The molecule has 0 radical (unpaired) electrons. The van der Waals surface area contributed by atoms with Crippen molar-refractivity contribution in [2.45, 2.75) is 20.3 Å². The summed E-state index contributed by atoms with van der Waals surface area (Å²) in [7, 11) is 0. The Morgan fingerprint density at radius 3 is 2.53 bits per heavy atom. The maximum Gasteiger partial charge on any atom is 0.341 e. The molecule has 0 aliphatic carbocycles. The van der Waals surface area contributed by atoms with Crippen LogP contribution >= 0.6 is 11.3 Å². The van der Waals surface area contributed by atoms with Gasteiger partial charge in [0.2, 0.25) is 5.91 Å². The van der Waals surface area contributed by atoms with Crippen LogP contribution in [0.4, 0.5) is 5.00 Å². The van der Waals surface area contributed by atoms with E-state index in [1.807, 2.05) is 66.9 Å². The van der Waals surface area contributed by atoms with Crippen molar-refractivity contribution in [1.29, 1.82) is 0 Å². The van der Waals surface area contributed by atoms with Gasteiger partial charge in [-0.15, -0.1) is 11.3 Å². The third-order valence-corrected chi connectivity index (χ3v) is 5.74. The molecule has 7 heteroatoms. The number of ether oxygens (including phenoxy) is 1. The first-order valence-corrected chi connectivity index (χ1v) is 11.1. The lowest BCUT2D eigenvalue weighted by Gasteiger charge is -2.08. The summed E-state index contributed by atoms with van der Waals surface area (Å²) < 4.78 is 10.6. The number of esters is 1. The highest BCUT2D eigenvalue weighted by Crippen LogP contribution is 2.36. The minimum atomic E-state index is -0.467. The lowest BCUT2D eigenvalue weighted by atomic mass is 10.0. The number of nitrogens with zero attached hydrogens (tertiary/aromatic N) is 1. The smallest absolute Gasteiger partial charge is 0.341 e. The zero-order chi connectivity index (χ0) is 22.5. The Labute approximate surface area is 189 Å². The van der Waals surface area contributed by atoms with E-state index < -0.39 is 5.97 Å². The maximum atomic E-state index is 12.7. The number of aryl methyl sites for hydroxylation is 1. The van der Waals surface area contributed by atoms with E-state index in [1.54, 1.807) is 13.0 Å². The van der Waals surface area contributed by atoms with E-state index in [0.29, 0.717) is 22.0 Å². The van der Waals surface area contributed by atoms with E-state index in [1.165, 1.54) is 11.3 Å². The fourth-order valence-corrected chi connectivity index (χ4v) is 4.25. The molecule has 4 aromatic rings. The van der Waals surface area contributed by atoms with Gasteiger partial charge in [0.25, 0.3) is 0 Å². The van der Waals surface area contributed by atoms with Gasteiger partial charge in [-0.2, -0.15) is 0 Å². The second kappa shape index (κ2) is 9.62. The Balaban J connectivity index is 1.54. The molecular formula is C25H22N2O4S. The Kier molecular flexibility index (Phi) is 6.47. The second-order valence-corrected chi connectivity index (χ2v) is 8.09. The monoisotopic (exact) mass is 446 g/mol. The maximum absolute atomic E-state index is 12.7. The lowest BCUT2D eigenvalue weighted by molar-refractivity contribution is -0.115. The third-order valence-electron chi connectivity index (χ3n) is 4.85. The van der Waals surface area contributed by atoms with E-state index in [4.69, 9.17) is 9.26 Å². The average Bonchev–Trinajstić information content (AvgIpc) is 3.42. The van der Waals surface area contributed by atoms with E-state index in [-0.39, 0.29) is 18.9 Å². The third kappa shape index (κ3) is 4.78. The van der Waals surface area contributed by atoms with Crippen LogP contribution in [0.3, 0.4) is 0 Å². The van der Waals surface area contributed by atoms with Crippen molar-refractivity contribution < 1.29 is 18.8 Å². The predicted octanol–water partition coefficient (Wildman–Crippen LogP) is 5.74. The number of carbonyl (C=O) groups is 2. The molecule has 0 bridgehead atoms. The molecule has 2 aromatic heterocycles. The summed E-state index contributed by atoms with van der Waals surface area (Å²) in [6.45, 7) is 4.00. The van der Waals surface area contributed by atoms with Crippen LogP contribution in [-0.4, -0.2) is 23.6 Å². The number of rotatable bonds is 7. The van der Waals surface area contributed by atoms with Crippen molar-refractivity contribution in [1.82, 2.24) is 5.16 Å². The number of nitrogens with one attached hydrogen (secondary N) is 1. The number of hydrogen-bond donors (Lipinski definition) is 1. The number of carbonyl (C=O) groups excluding carboxylic acids is 2. The highest BCUT2D eigenvalue weighted by Gasteiger charge is 2.23. The Bertz CT molecular complexity index is 1230. The molecule has 0 spiro atoms. The van der Waals surface area contributed by atoms with Crippen molar-refractivity contribution in [3.63, 3.8) is 0 Å². The van der Waals surface area contributed by atoms with Crippen molar-refractivity contribution in [2.24, 2.45) is 0 Å². The SMILES string of the molecule is CCOC(=O)c1c(-c2ccc(C)cc2)csc1NC(=O)Cc1cc(-c2ccccc2)no1. The summed E-state index contributed by atoms with van der Waals surface area (Å²) >= 11 is 1.29. The Morgan fingerprint density at radius 2 is 1.81 bits per heavy atom. The molecular weight excluding hydrogens is 424 g/mol. The molecule has 0 fully saturated rings. The van der Waals surface area contributed by atoms with Gasteiger partial charge in [0.15, 0.2) is 0 Å². The molecule has 0 saturated heterocycles. The van der Waals surface area contributed by atoms with Crippen molar-refractivity contribution >= 4 is 28.2 Å². The molecule has 4 rings (SSSR count). The normalized spacial score (nSPS) is 10.7. The zero-order valence-corrected chi connectivity index (χ0v) is 18.6. The van der Waals surface area contributed by atoms with E-state index in [2.05, 4.69) is 10.5 Å². The van der Waals surface area contributed by atoms with Crippen LogP contribution < -0.4 is 5.32 Å². The number of aromatic nitrogens is 1. The minimum Gasteiger partial charge on any atom is -0.462 e. The number of thiophene rings is 1. The van der Waals surface area contributed by atoms with Gasteiger partial charge in [0.05, 0.1) is 13.0 Å². The first kappa shape index (κ1) is 21.5. The molecule has 0 saturated carbocycles. The molecule has 0 aliphatic heterocycles. The molecule has 32 heavy (non-hydrogen) atoms. The largest absolute Gasteiger partial charge is 0.462 e. The van der Waals surface area contributed by atoms with Crippen LogP contribution in [0.25, 0.3) is 22.4 Å². The van der Waals surface area contributed by atoms with Gasteiger partial charge in [-0.05, 0) is 19.4 Å². The van der Waals surface area contributed by atoms with Gasteiger partial charge in [-0.3, -0.25) is 4.79 Å². The second-order valence-electron chi connectivity index (χ2n) is 7.21. The lowest BCUT2D eigenvalue weighted by Crippen LogP contribution is -2.16. The molecule has 1 amide bonds. The summed E-state index contributed by atoms with van der Waals surface area (Å²) in [4.78, 5) is 25.4. The summed E-state index contributed by atoms with van der Waals surface area (Å²) in [5.74, 6) is -0.330. The van der Waals surface area contributed by atoms with Crippen LogP contribution in [0, 0.1) is 6.92 Å². The summed E-state index contributed by atoms with van der Waals surface area (Å²) in [6, 6.07) is 19.2. The standard InChI is InChI=1S/C25H22N2O4S/c1-3-30-25(29)23-20(17-11-9-16(2)10-12-17)15-32-24(23)26-22(28)14-19-13-21(27-31-19)18-7-5-4-6-8-18/h4-13,15H,3,14H2,1-2H3,(H,26,28). The fourth-order valence-electron chi connectivity index (χ4n) is 3.27. The zero-order valence-electron chi connectivity index (χ0n) is 17.8. The quantitative estimate of drug-likeness (QED) is 0.366. The molecule has 0 atom stereocenters. The molecule has 0 aliphatic rings. The van der Waals surface area contributed by atoms with Gasteiger partial charge < -0.3 is 14.6 Å². The predicted molar refractivity (Wildman–Crippen MR) is 125 cm³/mol. The summed E-state index contributed by atoms with van der Waals surface area (Å²) in [6.07, 6.45) is -0.000135. The minimum absolute atomic E-state index is 0.000135.